The molecule has 0 N–H and O–H groups in total. The first-order valence-corrected chi connectivity index (χ1v) is 2.93. The number of nitrogens with zero attached hydrogens (tertiary/aromatic N) is 1. The second-order valence-corrected chi connectivity index (χ2v) is 2.25. The topological polar surface area (TPSA) is 31.2 Å². The van der Waals surface area contributed by atoms with Gasteiger partial charge in [0, 0.05) is 12.4 Å². The van der Waals surface area contributed by atoms with Crippen LogP contribution in [0.2, 0.25) is 0 Å². The summed E-state index contributed by atoms with van der Waals surface area (Å²) < 4.78 is 0. The molecule has 0 amide bonds. The Morgan fingerprint density at radius 2 is 1.67 bits per heavy atom. The molecule has 0 atom stereocenters. The third kappa shape index (κ3) is 1.26. The lowest BCUT2D eigenvalue weighted by atomic mass is 10.3. The summed E-state index contributed by atoms with van der Waals surface area (Å²) in [4.78, 5) is 10.7. The van der Waals surface area contributed by atoms with E-state index < -0.39 is 0 Å². The molecule has 1 rings (SSSR count). The molecule has 0 saturated carbocycles. The maximum Gasteiger partial charge on any atom is 0.218 e. The van der Waals surface area contributed by atoms with Crippen LogP contribution in [0.25, 0.3) is 0 Å². The number of ketones is 1. The summed E-state index contributed by atoms with van der Waals surface area (Å²) in [5.74, 6) is -0.367. The smallest absolute Gasteiger partial charge is 0.218 e. The highest BCUT2D eigenvalue weighted by Gasteiger charge is 2.14. The molecule has 0 aromatic heterocycles. The molecule has 0 aromatic carbocycles. The van der Waals surface area contributed by atoms with E-state index in [-0.39, 0.29) is 15.8 Å². The minimum Gasteiger partial charge on any atom is -0.286 e. The molecule has 0 fully saturated rings. The van der Waals surface area contributed by atoms with Gasteiger partial charge in [-0.15, -0.1) is 0 Å². The SMILES string of the molecule is O=C1C(Cl)=C[N]C=C1Cl. The zero-order valence-electron chi connectivity index (χ0n) is 4.27. The van der Waals surface area contributed by atoms with E-state index >= 15 is 0 Å². The maximum atomic E-state index is 10.7. The number of Topliss-reactive ketones (excluding diaryl/α,β-unsaturated/α-hetero) is 1. The quantitative estimate of drug-likeness (QED) is 0.529. The van der Waals surface area contributed by atoms with E-state index in [1.165, 1.54) is 12.4 Å². The third-order valence-electron chi connectivity index (χ3n) is 0.810. The van der Waals surface area contributed by atoms with E-state index in [0.717, 1.165) is 0 Å². The largest absolute Gasteiger partial charge is 0.286 e. The van der Waals surface area contributed by atoms with E-state index in [0.29, 0.717) is 0 Å². The van der Waals surface area contributed by atoms with Gasteiger partial charge >= 0.3 is 0 Å². The Bertz CT molecular complexity index is 187. The lowest BCUT2D eigenvalue weighted by molar-refractivity contribution is -0.111. The molecule has 0 spiro atoms. The molecule has 0 aliphatic carbocycles. The van der Waals surface area contributed by atoms with Crippen molar-refractivity contribution in [2.75, 3.05) is 0 Å². The van der Waals surface area contributed by atoms with Crippen molar-refractivity contribution in [3.63, 3.8) is 0 Å². The number of hydrogen-bond donors (Lipinski definition) is 0. The molecule has 1 heterocycles. The van der Waals surface area contributed by atoms with E-state index in [9.17, 15) is 4.79 Å². The zero-order valence-corrected chi connectivity index (χ0v) is 5.78. The van der Waals surface area contributed by atoms with Crippen LogP contribution < -0.4 is 5.32 Å². The van der Waals surface area contributed by atoms with Crippen molar-refractivity contribution in [1.82, 2.24) is 5.32 Å². The molecular weight excluding hydrogens is 161 g/mol. The van der Waals surface area contributed by atoms with Crippen molar-refractivity contribution in [1.29, 1.82) is 0 Å². The Morgan fingerprint density at radius 3 is 2.00 bits per heavy atom. The van der Waals surface area contributed by atoms with Crippen molar-refractivity contribution in [3.05, 3.63) is 22.5 Å². The van der Waals surface area contributed by atoms with Crippen LogP contribution in [0.1, 0.15) is 0 Å². The average molecular weight is 163 g/mol. The van der Waals surface area contributed by atoms with Gasteiger partial charge in [-0.2, -0.15) is 0 Å². The van der Waals surface area contributed by atoms with Gasteiger partial charge in [-0.05, 0) is 0 Å². The van der Waals surface area contributed by atoms with Crippen molar-refractivity contribution < 1.29 is 4.79 Å². The Hall–Kier alpha value is -0.470. The van der Waals surface area contributed by atoms with Crippen LogP contribution in [0.4, 0.5) is 0 Å². The fourth-order valence-corrected chi connectivity index (χ4v) is 0.764. The predicted octanol–water partition coefficient (Wildman–Crippen LogP) is 1.33. The number of carbonyl (C=O) groups is 1. The van der Waals surface area contributed by atoms with Crippen molar-refractivity contribution in [2.24, 2.45) is 0 Å². The van der Waals surface area contributed by atoms with E-state index in [1.54, 1.807) is 0 Å². The van der Waals surface area contributed by atoms with Gasteiger partial charge in [0.25, 0.3) is 0 Å². The van der Waals surface area contributed by atoms with Crippen molar-refractivity contribution in [2.45, 2.75) is 0 Å². The summed E-state index contributed by atoms with van der Waals surface area (Å²) in [5.41, 5.74) is 0. The molecule has 0 unspecified atom stereocenters. The van der Waals surface area contributed by atoms with E-state index in [4.69, 9.17) is 23.2 Å². The number of rotatable bonds is 0. The predicted molar refractivity (Wildman–Crippen MR) is 35.0 cm³/mol. The number of halogens is 2. The molecule has 1 aliphatic heterocycles. The zero-order chi connectivity index (χ0) is 6.85. The minimum absolute atomic E-state index is 0.0579. The fraction of sp³-hybridized carbons (Fsp3) is 0. The summed E-state index contributed by atoms with van der Waals surface area (Å²) in [6.45, 7) is 0. The number of allylic oxidation sites excluding steroid dienone is 2. The van der Waals surface area contributed by atoms with Gasteiger partial charge in [0.15, 0.2) is 0 Å². The summed E-state index contributed by atoms with van der Waals surface area (Å²) in [6, 6.07) is 0. The van der Waals surface area contributed by atoms with Crippen LogP contribution in [0.5, 0.6) is 0 Å². The highest BCUT2D eigenvalue weighted by atomic mass is 35.5. The van der Waals surface area contributed by atoms with Crippen LogP contribution in [-0.4, -0.2) is 5.78 Å². The molecule has 2 nitrogen and oxygen atoms in total. The van der Waals surface area contributed by atoms with Crippen LogP contribution in [0, 0.1) is 0 Å². The minimum atomic E-state index is -0.367. The van der Waals surface area contributed by atoms with Gasteiger partial charge in [0.1, 0.15) is 10.1 Å². The Labute approximate surface area is 62.1 Å². The van der Waals surface area contributed by atoms with Gasteiger partial charge in [0.05, 0.1) is 0 Å². The highest BCUT2D eigenvalue weighted by molar-refractivity contribution is 6.54. The van der Waals surface area contributed by atoms with E-state index in [1.807, 2.05) is 0 Å². The van der Waals surface area contributed by atoms with Crippen molar-refractivity contribution in [3.8, 4) is 0 Å². The highest BCUT2D eigenvalue weighted by Crippen LogP contribution is 2.15. The number of hydrogen-bond acceptors (Lipinski definition) is 1. The monoisotopic (exact) mass is 162 g/mol. The first-order valence-electron chi connectivity index (χ1n) is 2.18. The fourth-order valence-electron chi connectivity index (χ4n) is 0.399. The van der Waals surface area contributed by atoms with Crippen molar-refractivity contribution >= 4 is 29.0 Å². The molecule has 1 aliphatic rings. The maximum absolute atomic E-state index is 10.7. The Balaban J connectivity index is 2.86. The summed E-state index contributed by atoms with van der Waals surface area (Å²) in [5, 5.41) is 3.70. The lowest BCUT2D eigenvalue weighted by Crippen LogP contribution is -2.06. The molecule has 4 heteroatoms. The first kappa shape index (κ1) is 6.65. The van der Waals surface area contributed by atoms with Gasteiger partial charge in [0.2, 0.25) is 5.78 Å². The van der Waals surface area contributed by atoms with Crippen LogP contribution in [0.15, 0.2) is 22.5 Å². The van der Waals surface area contributed by atoms with E-state index in [2.05, 4.69) is 5.32 Å². The first-order chi connectivity index (χ1) is 4.22. The molecular formula is C5H2Cl2NO. The van der Waals surface area contributed by atoms with Crippen LogP contribution >= 0.6 is 23.2 Å². The molecule has 0 bridgehead atoms. The molecule has 47 valence electrons. The normalized spacial score (nSPS) is 18.2. The molecule has 1 radical (unpaired) electrons. The summed E-state index contributed by atoms with van der Waals surface area (Å²) >= 11 is 10.7. The van der Waals surface area contributed by atoms with Gasteiger partial charge in [-0.3, -0.25) is 10.1 Å². The molecule has 0 aromatic rings. The lowest BCUT2D eigenvalue weighted by Gasteiger charge is -2.00. The standard InChI is InChI=1S/C5H2Cl2NO/c6-3-1-8-2-4(7)5(3)9/h1-2H. The van der Waals surface area contributed by atoms with Gasteiger partial charge in [-0.1, -0.05) is 23.2 Å². The second-order valence-electron chi connectivity index (χ2n) is 1.43. The molecule has 9 heavy (non-hydrogen) atoms. The third-order valence-corrected chi connectivity index (χ3v) is 1.35. The average Bonchev–Trinajstić information content (AvgIpc) is 1.83. The molecule has 0 saturated heterocycles. The van der Waals surface area contributed by atoms with Crippen LogP contribution in [-0.2, 0) is 4.79 Å². The van der Waals surface area contributed by atoms with Gasteiger partial charge in [-0.25, -0.2) is 0 Å². The number of carbonyl (C=O) groups excluding carboxylic acids is 1. The van der Waals surface area contributed by atoms with Crippen LogP contribution in [0.3, 0.4) is 0 Å². The Kier molecular flexibility index (Phi) is 1.78. The Morgan fingerprint density at radius 1 is 1.22 bits per heavy atom. The summed E-state index contributed by atoms with van der Waals surface area (Å²) in [7, 11) is 0. The second kappa shape index (κ2) is 2.42. The summed E-state index contributed by atoms with van der Waals surface area (Å²) in [6.07, 6.45) is 2.52. The van der Waals surface area contributed by atoms with Gasteiger partial charge < -0.3 is 0 Å².